The van der Waals surface area contributed by atoms with Crippen LogP contribution in [0.2, 0.25) is 0 Å². The van der Waals surface area contributed by atoms with Crippen molar-refractivity contribution in [3.05, 3.63) is 76.0 Å². The summed E-state index contributed by atoms with van der Waals surface area (Å²) in [5, 5.41) is 4.31. The van der Waals surface area contributed by atoms with Crippen LogP contribution < -0.4 is 10.9 Å². The van der Waals surface area contributed by atoms with Crippen molar-refractivity contribution in [3.63, 3.8) is 0 Å². The normalized spacial score (nSPS) is 15.1. The van der Waals surface area contributed by atoms with Crippen molar-refractivity contribution < 1.29 is 4.79 Å². The maximum absolute atomic E-state index is 12.9. The number of nitrogens with one attached hydrogen (secondary N) is 2. The summed E-state index contributed by atoms with van der Waals surface area (Å²) in [6, 6.07) is 11.0. The van der Waals surface area contributed by atoms with Gasteiger partial charge in [0.1, 0.15) is 0 Å². The van der Waals surface area contributed by atoms with Gasteiger partial charge in [0, 0.05) is 23.2 Å². The molecule has 1 aromatic carbocycles. The highest BCUT2D eigenvalue weighted by molar-refractivity contribution is 6.06. The number of hydrogen-bond donors (Lipinski definition) is 2. The molecule has 126 valence electrons. The summed E-state index contributed by atoms with van der Waals surface area (Å²) in [5.74, 6) is 0.236. The summed E-state index contributed by atoms with van der Waals surface area (Å²) in [5.41, 5.74) is 2.31. The van der Waals surface area contributed by atoms with Crippen molar-refractivity contribution in [3.8, 4) is 0 Å². The van der Waals surface area contributed by atoms with Crippen molar-refractivity contribution in [2.45, 2.75) is 25.8 Å². The number of aryl methyl sites for hydroxylation is 1. The van der Waals surface area contributed by atoms with Gasteiger partial charge in [0.15, 0.2) is 0 Å². The number of amides is 1. The number of fused-ring (bicyclic) bond motifs is 1. The topological polar surface area (TPSA) is 74.8 Å². The van der Waals surface area contributed by atoms with Crippen molar-refractivity contribution in [2.24, 2.45) is 5.92 Å². The van der Waals surface area contributed by atoms with Crippen molar-refractivity contribution in [1.82, 2.24) is 15.3 Å². The molecule has 2 heterocycles. The third-order valence-corrected chi connectivity index (χ3v) is 4.69. The minimum atomic E-state index is -0.189. The van der Waals surface area contributed by atoms with Crippen molar-refractivity contribution in [1.29, 1.82) is 0 Å². The molecule has 0 spiro atoms. The number of benzene rings is 1. The first-order valence-electron chi connectivity index (χ1n) is 8.47. The molecule has 1 saturated carbocycles. The highest BCUT2D eigenvalue weighted by Crippen LogP contribution is 2.40. The van der Waals surface area contributed by atoms with Crippen LogP contribution in [-0.2, 0) is 0 Å². The molecule has 5 heteroatoms. The number of hydrogen-bond acceptors (Lipinski definition) is 3. The molecular formula is C20H19N3O2. The number of rotatable bonds is 4. The summed E-state index contributed by atoms with van der Waals surface area (Å²) in [4.78, 5) is 32.0. The van der Waals surface area contributed by atoms with Crippen LogP contribution in [0.1, 0.15) is 40.5 Å². The smallest absolute Gasteiger partial charge is 0.255 e. The van der Waals surface area contributed by atoms with Crippen LogP contribution in [0, 0.1) is 12.8 Å². The number of aromatic nitrogens is 2. The largest absolute Gasteiger partial charge is 0.343 e. The molecule has 1 atom stereocenters. The number of carbonyl (C=O) groups is 1. The summed E-state index contributed by atoms with van der Waals surface area (Å²) in [6.45, 7) is 2.02. The molecule has 0 radical (unpaired) electrons. The van der Waals surface area contributed by atoms with E-state index in [1.807, 2.05) is 25.1 Å². The molecule has 1 aliphatic carbocycles. The lowest BCUT2D eigenvalue weighted by atomic mass is 10.0. The molecule has 5 nitrogen and oxygen atoms in total. The van der Waals surface area contributed by atoms with Gasteiger partial charge in [-0.05, 0) is 49.4 Å². The molecule has 1 unspecified atom stereocenters. The lowest BCUT2D eigenvalue weighted by molar-refractivity contribution is 0.0932. The van der Waals surface area contributed by atoms with E-state index in [0.717, 1.165) is 24.1 Å². The molecule has 1 amide bonds. The average Bonchev–Trinajstić information content (AvgIpc) is 3.45. The predicted molar refractivity (Wildman–Crippen MR) is 96.5 cm³/mol. The quantitative estimate of drug-likeness (QED) is 0.770. The molecule has 0 saturated heterocycles. The van der Waals surface area contributed by atoms with Gasteiger partial charge in [-0.1, -0.05) is 18.2 Å². The fourth-order valence-electron chi connectivity index (χ4n) is 3.21. The second-order valence-corrected chi connectivity index (χ2v) is 6.62. The van der Waals surface area contributed by atoms with Crippen LogP contribution in [-0.4, -0.2) is 15.9 Å². The SMILES string of the molecule is Cc1ccnc(C(NC(=O)c2c[nH]c(=O)c3ccccc23)C2CC2)c1. The first-order chi connectivity index (χ1) is 12.1. The number of aromatic amines is 1. The molecule has 4 rings (SSSR count). The van der Waals surface area contributed by atoms with Crippen LogP contribution in [0.3, 0.4) is 0 Å². The van der Waals surface area contributed by atoms with Gasteiger partial charge in [0.25, 0.3) is 11.5 Å². The van der Waals surface area contributed by atoms with Crippen LogP contribution >= 0.6 is 0 Å². The van der Waals surface area contributed by atoms with E-state index in [1.165, 1.54) is 6.20 Å². The molecule has 0 aliphatic heterocycles. The summed E-state index contributed by atoms with van der Waals surface area (Å²) >= 11 is 0. The Hall–Kier alpha value is -2.95. The Labute approximate surface area is 145 Å². The highest BCUT2D eigenvalue weighted by atomic mass is 16.2. The van der Waals surface area contributed by atoms with Crippen LogP contribution in [0.15, 0.2) is 53.6 Å². The molecule has 1 aliphatic rings. The maximum atomic E-state index is 12.9. The van der Waals surface area contributed by atoms with Gasteiger partial charge in [-0.2, -0.15) is 0 Å². The van der Waals surface area contributed by atoms with E-state index in [1.54, 1.807) is 24.4 Å². The zero-order valence-electron chi connectivity index (χ0n) is 14.0. The van der Waals surface area contributed by atoms with Gasteiger partial charge in [-0.3, -0.25) is 14.6 Å². The van der Waals surface area contributed by atoms with Gasteiger partial charge in [-0.25, -0.2) is 0 Å². The van der Waals surface area contributed by atoms with Gasteiger partial charge in [0.05, 0.1) is 17.3 Å². The van der Waals surface area contributed by atoms with Crippen LogP contribution in [0.4, 0.5) is 0 Å². The number of carbonyl (C=O) groups excluding carboxylic acids is 1. The van der Waals surface area contributed by atoms with Crippen molar-refractivity contribution in [2.75, 3.05) is 0 Å². The zero-order valence-corrected chi connectivity index (χ0v) is 14.0. The molecule has 25 heavy (non-hydrogen) atoms. The Morgan fingerprint density at radius 2 is 2.00 bits per heavy atom. The van der Waals surface area contributed by atoms with E-state index in [0.29, 0.717) is 22.3 Å². The van der Waals surface area contributed by atoms with Crippen molar-refractivity contribution >= 4 is 16.7 Å². The van der Waals surface area contributed by atoms with Crippen LogP contribution in [0.25, 0.3) is 10.8 Å². The summed E-state index contributed by atoms with van der Waals surface area (Å²) in [6.07, 6.45) is 5.45. The third-order valence-electron chi connectivity index (χ3n) is 4.69. The van der Waals surface area contributed by atoms with E-state index >= 15 is 0 Å². The first-order valence-corrected chi connectivity index (χ1v) is 8.47. The van der Waals surface area contributed by atoms with E-state index < -0.39 is 0 Å². The lowest BCUT2D eigenvalue weighted by Crippen LogP contribution is -2.31. The fraction of sp³-hybridized carbons (Fsp3) is 0.250. The minimum Gasteiger partial charge on any atom is -0.343 e. The lowest BCUT2D eigenvalue weighted by Gasteiger charge is -2.18. The number of H-pyrrole nitrogens is 1. The van der Waals surface area contributed by atoms with Gasteiger partial charge in [0.2, 0.25) is 0 Å². The minimum absolute atomic E-state index is 0.0990. The second-order valence-electron chi connectivity index (χ2n) is 6.62. The molecule has 3 aromatic rings. The Balaban J connectivity index is 1.69. The number of nitrogens with zero attached hydrogens (tertiary/aromatic N) is 1. The first kappa shape index (κ1) is 15.6. The Kier molecular flexibility index (Phi) is 3.84. The van der Waals surface area contributed by atoms with Gasteiger partial charge >= 0.3 is 0 Å². The van der Waals surface area contributed by atoms with E-state index in [4.69, 9.17) is 0 Å². The predicted octanol–water partition coefficient (Wildman–Crippen LogP) is 3.11. The summed E-state index contributed by atoms with van der Waals surface area (Å²) in [7, 11) is 0. The van der Waals surface area contributed by atoms with Gasteiger partial charge < -0.3 is 10.3 Å². The third kappa shape index (κ3) is 3.05. The second kappa shape index (κ2) is 6.16. The van der Waals surface area contributed by atoms with E-state index in [2.05, 4.69) is 15.3 Å². The molecule has 2 aromatic heterocycles. The standard InChI is InChI=1S/C20H19N3O2/c1-12-8-9-21-17(10-12)18(13-6-7-13)23-20(25)16-11-22-19(24)15-5-3-2-4-14(15)16/h2-5,8-11,13,18H,6-7H2,1H3,(H,22,24)(H,23,25). The zero-order chi connectivity index (χ0) is 17.4. The van der Waals surface area contributed by atoms with Crippen LogP contribution in [0.5, 0.6) is 0 Å². The molecule has 0 bridgehead atoms. The average molecular weight is 333 g/mol. The van der Waals surface area contributed by atoms with Gasteiger partial charge in [-0.15, -0.1) is 0 Å². The van der Waals surface area contributed by atoms with E-state index in [9.17, 15) is 9.59 Å². The Bertz CT molecular complexity index is 1000. The molecule has 1 fully saturated rings. The fourth-order valence-corrected chi connectivity index (χ4v) is 3.21. The molecular weight excluding hydrogens is 314 g/mol. The monoisotopic (exact) mass is 333 g/mol. The highest BCUT2D eigenvalue weighted by Gasteiger charge is 2.34. The van der Waals surface area contributed by atoms with E-state index in [-0.39, 0.29) is 17.5 Å². The Morgan fingerprint density at radius 1 is 1.24 bits per heavy atom. The summed E-state index contributed by atoms with van der Waals surface area (Å²) < 4.78 is 0. The maximum Gasteiger partial charge on any atom is 0.255 e. The Morgan fingerprint density at radius 3 is 2.72 bits per heavy atom. The molecule has 2 N–H and O–H groups in total. The number of pyridine rings is 2.